The summed E-state index contributed by atoms with van der Waals surface area (Å²) in [6.07, 6.45) is 5.01. The van der Waals surface area contributed by atoms with Crippen molar-refractivity contribution in [2.45, 2.75) is 24.9 Å². The molecule has 4 heterocycles. The predicted octanol–water partition coefficient (Wildman–Crippen LogP) is 4.00. The van der Waals surface area contributed by atoms with Gasteiger partial charge in [-0.2, -0.15) is 0 Å². The van der Waals surface area contributed by atoms with Gasteiger partial charge in [0.05, 0.1) is 42.0 Å². The lowest BCUT2D eigenvalue weighted by atomic mass is 9.93. The molecule has 0 bridgehead atoms. The Kier molecular flexibility index (Phi) is 7.06. The van der Waals surface area contributed by atoms with Gasteiger partial charge in [-0.05, 0) is 24.6 Å². The van der Waals surface area contributed by atoms with Crippen molar-refractivity contribution in [1.82, 2.24) is 15.3 Å². The number of amides is 1. The normalized spacial score (nSPS) is 18.7. The number of hydrogen-bond donors (Lipinski definition) is 3. The molecule has 2 aliphatic rings. The zero-order chi connectivity index (χ0) is 25.1. The molecule has 1 fully saturated rings. The Morgan fingerprint density at radius 2 is 2.14 bits per heavy atom. The molecule has 2 atom stereocenters. The van der Waals surface area contributed by atoms with Crippen LogP contribution in [0, 0.1) is 5.82 Å². The molecule has 1 saturated heterocycles. The summed E-state index contributed by atoms with van der Waals surface area (Å²) in [6, 6.07) is 6.43. The second-order valence-electron chi connectivity index (χ2n) is 8.76. The smallest absolute Gasteiger partial charge is 0.255 e. The SMILES string of the molecule is COCC[C@@H]1CNC(=O)c2c1[nH]c(-c1ccncc1OC[C@@H]1CCO1)c2Nc1cccc(F)c1OC. The summed E-state index contributed by atoms with van der Waals surface area (Å²) < 4.78 is 36.7. The molecule has 2 aliphatic heterocycles. The number of benzene rings is 1. The van der Waals surface area contributed by atoms with Crippen molar-refractivity contribution >= 4 is 17.3 Å². The highest BCUT2D eigenvalue weighted by Crippen LogP contribution is 2.44. The standard InChI is InChI=1S/C26H29FN4O5/c1-33-10-7-15-12-29-26(32)21-22(15)31-23(24(21)30-19-5-3-4-18(27)25(19)34-2)17-6-9-28-13-20(17)36-14-16-8-11-35-16/h3-6,9,13,15-16,30-31H,7-8,10-12,14H2,1-2H3,(H,29,32)/t15-,16+/m1/s1. The number of halogens is 1. The van der Waals surface area contributed by atoms with E-state index in [4.69, 9.17) is 18.9 Å². The van der Waals surface area contributed by atoms with Gasteiger partial charge in [0.15, 0.2) is 11.6 Å². The molecule has 36 heavy (non-hydrogen) atoms. The van der Waals surface area contributed by atoms with Gasteiger partial charge in [0.1, 0.15) is 12.4 Å². The first-order valence-electron chi connectivity index (χ1n) is 11.9. The molecule has 5 rings (SSSR count). The Morgan fingerprint density at radius 3 is 2.89 bits per heavy atom. The van der Waals surface area contributed by atoms with E-state index in [2.05, 4.69) is 20.6 Å². The largest absolute Gasteiger partial charge is 0.492 e. The number of H-pyrrole nitrogens is 1. The van der Waals surface area contributed by atoms with Crippen LogP contribution in [-0.2, 0) is 9.47 Å². The number of nitrogens with one attached hydrogen (secondary N) is 3. The number of hydrogen-bond acceptors (Lipinski definition) is 7. The van der Waals surface area contributed by atoms with Crippen LogP contribution in [0.1, 0.15) is 34.8 Å². The monoisotopic (exact) mass is 496 g/mol. The Hall–Kier alpha value is -3.63. The predicted molar refractivity (Wildman–Crippen MR) is 132 cm³/mol. The topological polar surface area (TPSA) is 107 Å². The Morgan fingerprint density at radius 1 is 1.28 bits per heavy atom. The Labute approximate surface area is 208 Å². The number of anilines is 2. The first-order valence-corrected chi connectivity index (χ1v) is 11.9. The van der Waals surface area contributed by atoms with E-state index in [1.165, 1.54) is 13.2 Å². The second kappa shape index (κ2) is 10.5. The third-order valence-electron chi connectivity index (χ3n) is 6.55. The third-order valence-corrected chi connectivity index (χ3v) is 6.55. The summed E-state index contributed by atoms with van der Waals surface area (Å²) in [5.41, 5.74) is 3.51. The van der Waals surface area contributed by atoms with Crippen molar-refractivity contribution < 1.29 is 28.1 Å². The molecule has 0 aliphatic carbocycles. The highest BCUT2D eigenvalue weighted by Gasteiger charge is 2.34. The van der Waals surface area contributed by atoms with Crippen LogP contribution >= 0.6 is 0 Å². The molecule has 2 aromatic heterocycles. The van der Waals surface area contributed by atoms with Gasteiger partial charge in [-0.1, -0.05) is 6.07 Å². The van der Waals surface area contributed by atoms with Crippen LogP contribution in [0.3, 0.4) is 0 Å². The lowest BCUT2D eigenvalue weighted by Gasteiger charge is -2.26. The number of ether oxygens (including phenoxy) is 4. The Balaban J connectivity index is 1.62. The summed E-state index contributed by atoms with van der Waals surface area (Å²) in [6.45, 7) is 2.16. The number of carbonyl (C=O) groups is 1. The second-order valence-corrected chi connectivity index (χ2v) is 8.76. The average Bonchev–Trinajstić information content (AvgIpc) is 3.23. The minimum atomic E-state index is -0.510. The summed E-state index contributed by atoms with van der Waals surface area (Å²) >= 11 is 0. The van der Waals surface area contributed by atoms with E-state index in [9.17, 15) is 9.18 Å². The van der Waals surface area contributed by atoms with Gasteiger partial charge in [0.2, 0.25) is 0 Å². The van der Waals surface area contributed by atoms with Crippen molar-refractivity contribution in [3.63, 3.8) is 0 Å². The number of pyridine rings is 1. The molecular weight excluding hydrogens is 467 g/mol. The van der Waals surface area contributed by atoms with Gasteiger partial charge in [0, 0.05) is 56.7 Å². The van der Waals surface area contributed by atoms with Gasteiger partial charge in [0.25, 0.3) is 5.91 Å². The van der Waals surface area contributed by atoms with Crippen LogP contribution in [0.2, 0.25) is 0 Å². The lowest BCUT2D eigenvalue weighted by Crippen LogP contribution is -2.35. The van der Waals surface area contributed by atoms with Crippen LogP contribution in [-0.4, -0.2) is 62.6 Å². The molecule has 3 aromatic rings. The molecule has 0 saturated carbocycles. The van der Waals surface area contributed by atoms with E-state index in [0.717, 1.165) is 24.3 Å². The van der Waals surface area contributed by atoms with Crippen molar-refractivity contribution in [1.29, 1.82) is 0 Å². The van der Waals surface area contributed by atoms with Crippen LogP contribution in [0.4, 0.5) is 15.8 Å². The highest BCUT2D eigenvalue weighted by atomic mass is 19.1. The van der Waals surface area contributed by atoms with E-state index in [1.54, 1.807) is 31.6 Å². The van der Waals surface area contributed by atoms with Crippen LogP contribution in [0.15, 0.2) is 36.7 Å². The number of nitrogens with zero attached hydrogens (tertiary/aromatic N) is 1. The summed E-state index contributed by atoms with van der Waals surface area (Å²) in [5, 5.41) is 6.25. The molecule has 190 valence electrons. The maximum absolute atomic E-state index is 14.5. The molecule has 9 nitrogen and oxygen atoms in total. The Bertz CT molecular complexity index is 1240. The summed E-state index contributed by atoms with van der Waals surface area (Å²) in [5.74, 6) is -0.118. The maximum atomic E-state index is 14.5. The quantitative estimate of drug-likeness (QED) is 0.390. The van der Waals surface area contributed by atoms with Gasteiger partial charge in [-0.15, -0.1) is 0 Å². The third kappa shape index (κ3) is 4.61. The number of para-hydroxylation sites is 1. The molecule has 0 spiro atoms. The van der Waals surface area contributed by atoms with Crippen molar-refractivity contribution in [3.8, 4) is 22.8 Å². The minimum absolute atomic E-state index is 0.0101. The minimum Gasteiger partial charge on any atom is -0.492 e. The molecule has 1 amide bonds. The molecule has 0 unspecified atom stereocenters. The number of fused-ring (bicyclic) bond motifs is 1. The number of methoxy groups -OCH3 is 2. The zero-order valence-electron chi connectivity index (χ0n) is 20.2. The molecule has 0 radical (unpaired) electrons. The highest BCUT2D eigenvalue weighted by molar-refractivity contribution is 6.07. The van der Waals surface area contributed by atoms with Crippen molar-refractivity contribution in [3.05, 3.63) is 53.7 Å². The molecule has 10 heteroatoms. The number of carbonyl (C=O) groups excluding carboxylic acids is 1. The van der Waals surface area contributed by atoms with Gasteiger partial charge in [-0.3, -0.25) is 9.78 Å². The summed E-state index contributed by atoms with van der Waals surface area (Å²) in [7, 11) is 3.06. The summed E-state index contributed by atoms with van der Waals surface area (Å²) in [4.78, 5) is 20.9. The number of rotatable bonds is 10. The molecular formula is C26H29FN4O5. The van der Waals surface area contributed by atoms with Crippen LogP contribution < -0.4 is 20.1 Å². The fourth-order valence-electron chi connectivity index (χ4n) is 4.55. The first kappa shape index (κ1) is 24.1. The van der Waals surface area contributed by atoms with E-state index >= 15 is 0 Å². The van der Waals surface area contributed by atoms with E-state index in [0.29, 0.717) is 54.6 Å². The van der Waals surface area contributed by atoms with Gasteiger partial charge in [-0.25, -0.2) is 4.39 Å². The maximum Gasteiger partial charge on any atom is 0.255 e. The fraction of sp³-hybridized carbons (Fsp3) is 0.385. The lowest BCUT2D eigenvalue weighted by molar-refractivity contribution is -0.0720. The first-order chi connectivity index (χ1) is 17.6. The molecule has 3 N–H and O–H groups in total. The van der Waals surface area contributed by atoms with Crippen molar-refractivity contribution in [2.24, 2.45) is 0 Å². The van der Waals surface area contributed by atoms with Gasteiger partial charge >= 0.3 is 0 Å². The van der Waals surface area contributed by atoms with E-state index in [1.807, 2.05) is 6.07 Å². The molecule has 1 aromatic carbocycles. The van der Waals surface area contributed by atoms with Gasteiger partial charge < -0.3 is 34.6 Å². The zero-order valence-corrected chi connectivity index (χ0v) is 20.2. The van der Waals surface area contributed by atoms with Crippen molar-refractivity contribution in [2.75, 3.05) is 45.9 Å². The van der Waals surface area contributed by atoms with E-state index < -0.39 is 5.82 Å². The number of aromatic amines is 1. The van der Waals surface area contributed by atoms with E-state index in [-0.39, 0.29) is 23.7 Å². The van der Waals surface area contributed by atoms with Crippen LogP contribution in [0.5, 0.6) is 11.5 Å². The fourth-order valence-corrected chi connectivity index (χ4v) is 4.55. The number of aromatic nitrogens is 2. The van der Waals surface area contributed by atoms with Crippen LogP contribution in [0.25, 0.3) is 11.3 Å². The average molecular weight is 497 g/mol.